The third-order valence-electron chi connectivity index (χ3n) is 1.70. The minimum Gasteiger partial charge on any atom is -0.371 e. The lowest BCUT2D eigenvalue weighted by Crippen LogP contribution is -2.25. The highest BCUT2D eigenvalue weighted by atomic mass is 15.1. The zero-order valence-corrected chi connectivity index (χ0v) is 6.83. The lowest BCUT2D eigenvalue weighted by Gasteiger charge is -2.25. The molecule has 0 aromatic rings. The Labute approximate surface area is 62.3 Å². The van der Waals surface area contributed by atoms with E-state index >= 15 is 0 Å². The van der Waals surface area contributed by atoms with Crippen LogP contribution in [0.25, 0.3) is 0 Å². The molecule has 0 saturated carbocycles. The Morgan fingerprint density at radius 3 is 2.70 bits per heavy atom. The number of rotatable bonds is 1. The summed E-state index contributed by atoms with van der Waals surface area (Å²) in [5, 5.41) is 0. The van der Waals surface area contributed by atoms with E-state index in [-0.39, 0.29) is 0 Å². The van der Waals surface area contributed by atoms with Crippen molar-refractivity contribution in [2.45, 2.75) is 13.8 Å². The van der Waals surface area contributed by atoms with Crippen molar-refractivity contribution in [3.8, 4) is 0 Å². The quantitative estimate of drug-likeness (QED) is 0.536. The van der Waals surface area contributed by atoms with Gasteiger partial charge in [0.15, 0.2) is 0 Å². The summed E-state index contributed by atoms with van der Waals surface area (Å²) in [6.07, 6.45) is 3.86. The maximum absolute atomic E-state index is 4.10. The minimum absolute atomic E-state index is 0.586. The lowest BCUT2D eigenvalue weighted by atomic mass is 10.1. The molecule has 0 saturated heterocycles. The summed E-state index contributed by atoms with van der Waals surface area (Å²) >= 11 is 0. The molecule has 0 spiro atoms. The van der Waals surface area contributed by atoms with E-state index in [1.807, 2.05) is 12.4 Å². The van der Waals surface area contributed by atoms with Crippen LogP contribution in [0.1, 0.15) is 13.8 Å². The van der Waals surface area contributed by atoms with E-state index in [4.69, 9.17) is 0 Å². The van der Waals surface area contributed by atoms with Gasteiger partial charge in [0.2, 0.25) is 0 Å². The van der Waals surface area contributed by atoms with Crippen LogP contribution < -0.4 is 0 Å². The Kier molecular flexibility index (Phi) is 2.10. The fourth-order valence-corrected chi connectivity index (χ4v) is 1.09. The summed E-state index contributed by atoms with van der Waals surface area (Å²) in [6.45, 7) is 5.32. The molecule has 1 aliphatic rings. The van der Waals surface area contributed by atoms with Crippen LogP contribution in [-0.2, 0) is 0 Å². The van der Waals surface area contributed by atoms with Gasteiger partial charge in [-0.3, -0.25) is 4.99 Å². The average Bonchev–Trinajstić information content (AvgIpc) is 1.88. The van der Waals surface area contributed by atoms with E-state index in [0.29, 0.717) is 5.92 Å². The topological polar surface area (TPSA) is 15.6 Å². The van der Waals surface area contributed by atoms with Crippen molar-refractivity contribution in [3.05, 3.63) is 11.9 Å². The van der Waals surface area contributed by atoms with Gasteiger partial charge in [-0.2, -0.15) is 0 Å². The van der Waals surface area contributed by atoms with Crippen LogP contribution in [0.3, 0.4) is 0 Å². The molecule has 1 heterocycles. The number of nitrogens with zero attached hydrogens (tertiary/aromatic N) is 2. The van der Waals surface area contributed by atoms with Gasteiger partial charge in [0.1, 0.15) is 0 Å². The van der Waals surface area contributed by atoms with E-state index in [1.165, 1.54) is 5.70 Å². The molecular weight excluding hydrogens is 124 g/mol. The Bertz CT molecular complexity index is 168. The fourth-order valence-electron chi connectivity index (χ4n) is 1.09. The van der Waals surface area contributed by atoms with Gasteiger partial charge in [0.25, 0.3) is 0 Å². The van der Waals surface area contributed by atoms with Gasteiger partial charge in [-0.05, 0) is 5.92 Å². The van der Waals surface area contributed by atoms with Crippen molar-refractivity contribution >= 4 is 6.21 Å². The third-order valence-corrected chi connectivity index (χ3v) is 1.70. The Balaban J connectivity index is 2.70. The highest BCUT2D eigenvalue weighted by Crippen LogP contribution is 2.14. The molecular formula is C8H14N2. The smallest absolute Gasteiger partial charge is 0.0526 e. The molecule has 1 rings (SSSR count). The first-order valence-corrected chi connectivity index (χ1v) is 3.64. The van der Waals surface area contributed by atoms with E-state index < -0.39 is 0 Å². The molecule has 0 atom stereocenters. The summed E-state index contributed by atoms with van der Waals surface area (Å²) < 4.78 is 0. The van der Waals surface area contributed by atoms with Crippen LogP contribution in [0.5, 0.6) is 0 Å². The summed E-state index contributed by atoms with van der Waals surface area (Å²) in [5.74, 6) is 0.586. The molecule has 0 unspecified atom stereocenters. The molecule has 1 aliphatic heterocycles. The zero-order valence-electron chi connectivity index (χ0n) is 6.83. The summed E-state index contributed by atoms with van der Waals surface area (Å²) in [6, 6.07) is 0. The van der Waals surface area contributed by atoms with Crippen LogP contribution >= 0.6 is 0 Å². The first-order valence-electron chi connectivity index (χ1n) is 3.64. The summed E-state index contributed by atoms with van der Waals surface area (Å²) in [5.41, 5.74) is 1.32. The molecule has 0 amide bonds. The van der Waals surface area contributed by atoms with Crippen molar-refractivity contribution in [2.24, 2.45) is 10.9 Å². The second-order valence-electron chi connectivity index (χ2n) is 2.92. The maximum Gasteiger partial charge on any atom is 0.0526 e. The van der Waals surface area contributed by atoms with Crippen molar-refractivity contribution in [1.29, 1.82) is 0 Å². The summed E-state index contributed by atoms with van der Waals surface area (Å²) in [4.78, 5) is 6.32. The van der Waals surface area contributed by atoms with Crippen LogP contribution in [-0.4, -0.2) is 24.7 Å². The Morgan fingerprint density at radius 2 is 2.30 bits per heavy atom. The third kappa shape index (κ3) is 1.38. The van der Waals surface area contributed by atoms with Gasteiger partial charge in [0.05, 0.1) is 6.54 Å². The van der Waals surface area contributed by atoms with Crippen molar-refractivity contribution in [2.75, 3.05) is 13.6 Å². The van der Waals surface area contributed by atoms with E-state index in [2.05, 4.69) is 30.8 Å². The van der Waals surface area contributed by atoms with E-state index in [9.17, 15) is 0 Å². The molecule has 2 heteroatoms. The highest BCUT2D eigenvalue weighted by molar-refractivity contribution is 5.62. The summed E-state index contributed by atoms with van der Waals surface area (Å²) in [7, 11) is 2.09. The largest absolute Gasteiger partial charge is 0.371 e. The molecule has 0 fully saturated rings. The number of allylic oxidation sites excluding steroid dienone is 1. The Morgan fingerprint density at radius 1 is 1.60 bits per heavy atom. The van der Waals surface area contributed by atoms with Crippen molar-refractivity contribution < 1.29 is 0 Å². The van der Waals surface area contributed by atoms with Gasteiger partial charge in [-0.15, -0.1) is 0 Å². The Hall–Kier alpha value is -0.790. The minimum atomic E-state index is 0.586. The van der Waals surface area contributed by atoms with Gasteiger partial charge in [-0.1, -0.05) is 13.8 Å². The maximum atomic E-state index is 4.10. The first kappa shape index (κ1) is 7.32. The number of hydrogen-bond donors (Lipinski definition) is 0. The van der Waals surface area contributed by atoms with Crippen LogP contribution in [0.2, 0.25) is 0 Å². The van der Waals surface area contributed by atoms with Gasteiger partial charge < -0.3 is 4.90 Å². The SMILES string of the molecule is CC(C)C1=CN=CCN1C. The number of hydrogen-bond acceptors (Lipinski definition) is 2. The van der Waals surface area contributed by atoms with Crippen LogP contribution in [0.4, 0.5) is 0 Å². The molecule has 0 N–H and O–H groups in total. The predicted molar refractivity (Wildman–Crippen MR) is 44.0 cm³/mol. The number of aliphatic imine (C=N–C) groups is 1. The van der Waals surface area contributed by atoms with Crippen molar-refractivity contribution in [3.63, 3.8) is 0 Å². The van der Waals surface area contributed by atoms with Crippen molar-refractivity contribution in [1.82, 2.24) is 4.90 Å². The average molecular weight is 138 g/mol. The molecule has 0 aromatic carbocycles. The van der Waals surface area contributed by atoms with Crippen LogP contribution in [0.15, 0.2) is 16.9 Å². The molecule has 10 heavy (non-hydrogen) atoms. The van der Waals surface area contributed by atoms with Crippen LogP contribution in [0, 0.1) is 5.92 Å². The fraction of sp³-hybridized carbons (Fsp3) is 0.625. The van der Waals surface area contributed by atoms with Gasteiger partial charge >= 0.3 is 0 Å². The molecule has 0 radical (unpaired) electrons. The molecule has 0 aromatic heterocycles. The molecule has 2 nitrogen and oxygen atoms in total. The van der Waals surface area contributed by atoms with E-state index in [0.717, 1.165) is 6.54 Å². The highest BCUT2D eigenvalue weighted by Gasteiger charge is 2.09. The van der Waals surface area contributed by atoms with Gasteiger partial charge in [0, 0.05) is 25.2 Å². The monoisotopic (exact) mass is 138 g/mol. The van der Waals surface area contributed by atoms with Gasteiger partial charge in [-0.25, -0.2) is 0 Å². The second-order valence-corrected chi connectivity index (χ2v) is 2.92. The second kappa shape index (κ2) is 2.86. The standard InChI is InChI=1S/C8H14N2/c1-7(2)8-6-9-4-5-10(8)3/h4,6-7H,5H2,1-3H3. The molecule has 0 bridgehead atoms. The lowest BCUT2D eigenvalue weighted by molar-refractivity contribution is 0.416. The first-order chi connectivity index (χ1) is 4.72. The molecule has 0 aliphatic carbocycles. The zero-order chi connectivity index (χ0) is 7.56. The van der Waals surface area contributed by atoms with E-state index in [1.54, 1.807) is 0 Å². The normalized spacial score (nSPS) is 18.0. The molecule has 56 valence electrons. The predicted octanol–water partition coefficient (Wildman–Crippen LogP) is 1.50.